The van der Waals surface area contributed by atoms with Gasteiger partial charge in [-0.2, -0.15) is 0 Å². The van der Waals surface area contributed by atoms with Crippen LogP contribution in [0.4, 0.5) is 0 Å². The maximum atomic E-state index is 5.86. The lowest BCUT2D eigenvalue weighted by molar-refractivity contribution is 0.107. The van der Waals surface area contributed by atoms with Gasteiger partial charge in [0.1, 0.15) is 18.1 Å². The Labute approximate surface area is 134 Å². The highest BCUT2D eigenvalue weighted by Crippen LogP contribution is 2.16. The van der Waals surface area contributed by atoms with E-state index in [1.54, 1.807) is 31.4 Å². The van der Waals surface area contributed by atoms with Crippen LogP contribution >= 0.6 is 11.6 Å². The van der Waals surface area contributed by atoms with Crippen molar-refractivity contribution in [2.24, 2.45) is 10.9 Å². The normalized spacial score (nSPS) is 11.1. The van der Waals surface area contributed by atoms with Crippen molar-refractivity contribution in [3.05, 3.63) is 59.1 Å². The molecule has 0 spiro atoms. The molecule has 2 N–H and O–H groups in total. The number of benzene rings is 2. The quantitative estimate of drug-likeness (QED) is 0.368. The lowest BCUT2D eigenvalue weighted by Gasteiger charge is -2.06. The average molecular weight is 321 g/mol. The summed E-state index contributed by atoms with van der Waals surface area (Å²) >= 11 is 5.86. The molecule has 5 nitrogen and oxygen atoms in total. The van der Waals surface area contributed by atoms with Gasteiger partial charge in [-0.3, -0.25) is 0 Å². The number of rotatable bonds is 7. The van der Waals surface area contributed by atoms with Gasteiger partial charge in [0.25, 0.3) is 0 Å². The summed E-state index contributed by atoms with van der Waals surface area (Å²) < 4.78 is 10.5. The van der Waals surface area contributed by atoms with Gasteiger partial charge in [0.2, 0.25) is 0 Å². The third kappa shape index (κ3) is 4.86. The first-order chi connectivity index (χ1) is 10.7. The molecule has 0 bridgehead atoms. The third-order valence-corrected chi connectivity index (χ3v) is 3.02. The van der Waals surface area contributed by atoms with Gasteiger partial charge in [-0.15, -0.1) is 0 Å². The van der Waals surface area contributed by atoms with Crippen LogP contribution in [-0.4, -0.2) is 26.2 Å². The Kier molecular flexibility index (Phi) is 5.91. The first-order valence-corrected chi connectivity index (χ1v) is 7.05. The molecule has 0 saturated carbocycles. The molecular weight excluding hydrogens is 304 g/mol. The predicted octanol–water partition coefficient (Wildman–Crippen LogP) is 3.06. The van der Waals surface area contributed by atoms with Gasteiger partial charge in [-0.05, 0) is 42.5 Å². The summed E-state index contributed by atoms with van der Waals surface area (Å²) in [6.07, 6.45) is 0. The van der Waals surface area contributed by atoms with Crippen LogP contribution in [0.3, 0.4) is 0 Å². The number of ether oxygens (including phenoxy) is 2. The summed E-state index contributed by atoms with van der Waals surface area (Å²) in [5.41, 5.74) is 6.59. The maximum absolute atomic E-state index is 5.86. The van der Waals surface area contributed by atoms with E-state index in [1.165, 1.54) is 0 Å². The minimum atomic E-state index is 0.281. The van der Waals surface area contributed by atoms with Crippen molar-refractivity contribution in [1.29, 1.82) is 0 Å². The highest BCUT2D eigenvalue weighted by atomic mass is 35.5. The summed E-state index contributed by atoms with van der Waals surface area (Å²) in [4.78, 5) is 5.13. The first-order valence-electron chi connectivity index (χ1n) is 6.67. The van der Waals surface area contributed by atoms with Crippen LogP contribution in [0.1, 0.15) is 5.56 Å². The van der Waals surface area contributed by atoms with E-state index in [9.17, 15) is 0 Å². The molecule has 116 valence electrons. The second-order valence-electron chi connectivity index (χ2n) is 4.34. The Hall–Kier alpha value is -2.40. The van der Waals surface area contributed by atoms with E-state index in [0.717, 1.165) is 11.3 Å². The fraction of sp³-hybridized carbons (Fsp3) is 0.188. The first kappa shape index (κ1) is 16.0. The topological polar surface area (TPSA) is 66.1 Å². The van der Waals surface area contributed by atoms with Crippen molar-refractivity contribution in [2.75, 3.05) is 20.3 Å². The molecule has 2 aromatic carbocycles. The predicted molar refractivity (Wildman–Crippen MR) is 86.6 cm³/mol. The van der Waals surface area contributed by atoms with Gasteiger partial charge < -0.3 is 20.0 Å². The van der Waals surface area contributed by atoms with Crippen molar-refractivity contribution in [1.82, 2.24) is 0 Å². The second kappa shape index (κ2) is 8.14. The summed E-state index contributed by atoms with van der Waals surface area (Å²) in [6.45, 7) is 0.628. The molecule has 2 aromatic rings. The van der Waals surface area contributed by atoms with Crippen LogP contribution in [0.15, 0.2) is 53.7 Å². The number of methoxy groups -OCH3 is 1. The molecule has 6 heteroatoms. The van der Waals surface area contributed by atoms with Crippen LogP contribution in [0.25, 0.3) is 0 Å². The summed E-state index contributed by atoms with van der Waals surface area (Å²) in [5, 5.41) is 4.47. The van der Waals surface area contributed by atoms with Crippen molar-refractivity contribution < 1.29 is 14.3 Å². The fourth-order valence-corrected chi connectivity index (χ4v) is 1.86. The van der Waals surface area contributed by atoms with E-state index in [2.05, 4.69) is 5.16 Å². The minimum absolute atomic E-state index is 0.281. The largest absolute Gasteiger partial charge is 0.497 e. The molecule has 22 heavy (non-hydrogen) atoms. The Morgan fingerprint density at radius 3 is 2.55 bits per heavy atom. The average Bonchev–Trinajstić information content (AvgIpc) is 2.54. The van der Waals surface area contributed by atoms with Crippen LogP contribution in [-0.2, 0) is 4.84 Å². The number of nitrogens with two attached hydrogens (primary N) is 1. The molecule has 0 saturated heterocycles. The zero-order valence-corrected chi connectivity index (χ0v) is 12.9. The van der Waals surface area contributed by atoms with Crippen molar-refractivity contribution in [2.45, 2.75) is 0 Å². The van der Waals surface area contributed by atoms with E-state index in [-0.39, 0.29) is 6.61 Å². The molecule has 0 heterocycles. The molecule has 0 amide bonds. The van der Waals surface area contributed by atoms with E-state index in [4.69, 9.17) is 31.6 Å². The van der Waals surface area contributed by atoms with Gasteiger partial charge >= 0.3 is 0 Å². The van der Waals surface area contributed by atoms with E-state index >= 15 is 0 Å². The Bertz CT molecular complexity index is 630. The molecule has 0 unspecified atom stereocenters. The molecule has 2 rings (SSSR count). The van der Waals surface area contributed by atoms with Crippen LogP contribution < -0.4 is 15.2 Å². The molecule has 0 radical (unpaired) electrons. The number of hydrogen-bond acceptors (Lipinski definition) is 4. The second-order valence-corrected chi connectivity index (χ2v) is 4.78. The fourth-order valence-electron chi connectivity index (χ4n) is 1.68. The van der Waals surface area contributed by atoms with Gasteiger partial charge in [-0.1, -0.05) is 22.8 Å². The maximum Gasteiger partial charge on any atom is 0.170 e. The standard InChI is InChI=1S/C16H17ClN2O3/c1-20-14-7-5-12(6-8-14)16(18)19-22-10-9-21-15-4-2-3-13(17)11-15/h2-8,11H,9-10H2,1H3,(H2,18,19). The molecule has 0 aliphatic carbocycles. The highest BCUT2D eigenvalue weighted by Gasteiger charge is 2.00. The van der Waals surface area contributed by atoms with Gasteiger partial charge in [0, 0.05) is 10.6 Å². The zero-order valence-electron chi connectivity index (χ0n) is 12.2. The molecule has 0 aliphatic heterocycles. The number of nitrogens with zero attached hydrogens (tertiary/aromatic N) is 1. The van der Waals surface area contributed by atoms with E-state index < -0.39 is 0 Å². The van der Waals surface area contributed by atoms with Crippen LogP contribution in [0, 0.1) is 0 Å². The minimum Gasteiger partial charge on any atom is -0.497 e. The summed E-state index contributed by atoms with van der Waals surface area (Å²) in [7, 11) is 1.61. The Morgan fingerprint density at radius 2 is 1.86 bits per heavy atom. The molecule has 0 fully saturated rings. The lowest BCUT2D eigenvalue weighted by Crippen LogP contribution is -2.15. The highest BCUT2D eigenvalue weighted by molar-refractivity contribution is 6.30. The monoisotopic (exact) mass is 320 g/mol. The molecule has 0 aliphatic rings. The van der Waals surface area contributed by atoms with Crippen LogP contribution in [0.2, 0.25) is 5.02 Å². The van der Waals surface area contributed by atoms with Crippen molar-refractivity contribution in [3.63, 3.8) is 0 Å². The summed E-state index contributed by atoms with van der Waals surface area (Å²) in [6, 6.07) is 14.4. The van der Waals surface area contributed by atoms with Gasteiger partial charge in [0.15, 0.2) is 12.4 Å². The Balaban J connectivity index is 1.76. The van der Waals surface area contributed by atoms with Gasteiger partial charge in [0.05, 0.1) is 7.11 Å². The van der Waals surface area contributed by atoms with E-state index in [1.807, 2.05) is 24.3 Å². The third-order valence-electron chi connectivity index (χ3n) is 2.79. The summed E-state index contributed by atoms with van der Waals surface area (Å²) in [5.74, 6) is 1.74. The number of halogens is 1. The zero-order chi connectivity index (χ0) is 15.8. The molecule has 0 atom stereocenters. The number of oxime groups is 1. The molecular formula is C16H17ClN2O3. The SMILES string of the molecule is COc1ccc(/C(N)=N/OCCOc2cccc(Cl)c2)cc1. The number of hydrogen-bond donors (Lipinski definition) is 1. The lowest BCUT2D eigenvalue weighted by atomic mass is 10.2. The van der Waals surface area contributed by atoms with Crippen LogP contribution in [0.5, 0.6) is 11.5 Å². The Morgan fingerprint density at radius 1 is 1.09 bits per heavy atom. The number of amidine groups is 1. The van der Waals surface area contributed by atoms with Crippen molar-refractivity contribution >= 4 is 17.4 Å². The van der Waals surface area contributed by atoms with Crippen molar-refractivity contribution in [3.8, 4) is 11.5 Å². The molecule has 0 aromatic heterocycles. The van der Waals surface area contributed by atoms with E-state index in [0.29, 0.717) is 23.2 Å². The van der Waals surface area contributed by atoms with Gasteiger partial charge in [-0.25, -0.2) is 0 Å². The smallest absolute Gasteiger partial charge is 0.170 e.